The average Bonchev–Trinajstić information content (AvgIpc) is 3.22. The number of anilines is 1. The van der Waals surface area contributed by atoms with Gasteiger partial charge in [0.25, 0.3) is 0 Å². The fraction of sp³-hybridized carbons (Fsp3) is 0.714. The third-order valence-corrected chi connectivity index (χ3v) is 7.99. The summed E-state index contributed by atoms with van der Waals surface area (Å²) in [5.41, 5.74) is 2.24. The van der Waals surface area contributed by atoms with Crippen LogP contribution in [0.3, 0.4) is 0 Å². The van der Waals surface area contributed by atoms with Gasteiger partial charge >= 0.3 is 0 Å². The van der Waals surface area contributed by atoms with Crippen molar-refractivity contribution in [2.24, 2.45) is 5.92 Å². The van der Waals surface area contributed by atoms with Gasteiger partial charge in [-0.2, -0.15) is 0 Å². The van der Waals surface area contributed by atoms with Crippen molar-refractivity contribution >= 4 is 25.1 Å². The molecule has 4 rings (SSSR count). The fourth-order valence-electron chi connectivity index (χ4n) is 4.50. The van der Waals surface area contributed by atoms with Gasteiger partial charge in [0.1, 0.15) is 18.1 Å². The molecule has 1 N–H and O–H groups in total. The van der Waals surface area contributed by atoms with Gasteiger partial charge in [0.05, 0.1) is 6.20 Å². The van der Waals surface area contributed by atoms with Crippen molar-refractivity contribution in [3.63, 3.8) is 0 Å². The summed E-state index contributed by atoms with van der Waals surface area (Å²) in [5, 5.41) is 3.78. The Bertz CT molecular complexity index is 807. The fourth-order valence-corrected chi connectivity index (χ4v) is 5.25. The standard InChI is InChI=1S/C21H35N5OSi/c1-17-13-21(23-14-17)6-9-25(10-7-21)19-15-22-20-18(24-19)5-8-26(20)16-27-11-12-28(2,3)4/h5,8,15,17,23H,6-7,9-14,16H2,1-4H3. The van der Waals surface area contributed by atoms with E-state index in [1.807, 2.05) is 12.4 Å². The Morgan fingerprint density at radius 3 is 2.75 bits per heavy atom. The molecule has 0 aromatic carbocycles. The minimum absolute atomic E-state index is 0.365. The summed E-state index contributed by atoms with van der Waals surface area (Å²) in [6.45, 7) is 14.1. The highest BCUT2D eigenvalue weighted by atomic mass is 28.3. The number of nitrogens with one attached hydrogen (secondary N) is 1. The van der Waals surface area contributed by atoms with Gasteiger partial charge in [-0.15, -0.1) is 0 Å². The first-order valence-electron chi connectivity index (χ1n) is 10.7. The summed E-state index contributed by atoms with van der Waals surface area (Å²) in [4.78, 5) is 12.0. The lowest BCUT2D eigenvalue weighted by Gasteiger charge is -2.40. The number of rotatable bonds is 6. The molecule has 7 heteroatoms. The second-order valence-electron chi connectivity index (χ2n) is 10.0. The molecule has 2 aromatic rings. The van der Waals surface area contributed by atoms with Gasteiger partial charge < -0.3 is 19.5 Å². The van der Waals surface area contributed by atoms with E-state index in [1.54, 1.807) is 0 Å². The van der Waals surface area contributed by atoms with Gasteiger partial charge in [-0.3, -0.25) is 0 Å². The quantitative estimate of drug-likeness (QED) is 0.591. The molecule has 154 valence electrons. The zero-order valence-electron chi connectivity index (χ0n) is 17.9. The minimum Gasteiger partial charge on any atom is -0.361 e. The summed E-state index contributed by atoms with van der Waals surface area (Å²) in [7, 11) is -1.05. The van der Waals surface area contributed by atoms with Crippen LogP contribution < -0.4 is 10.2 Å². The summed E-state index contributed by atoms with van der Waals surface area (Å²) < 4.78 is 7.94. The number of hydrogen-bond acceptors (Lipinski definition) is 5. The van der Waals surface area contributed by atoms with Crippen LogP contribution in [0.15, 0.2) is 18.5 Å². The molecule has 2 aliphatic heterocycles. The van der Waals surface area contributed by atoms with Crippen molar-refractivity contribution in [3.05, 3.63) is 18.5 Å². The normalized spacial score (nSPS) is 22.4. The summed E-state index contributed by atoms with van der Waals surface area (Å²) in [6.07, 6.45) is 7.68. The van der Waals surface area contributed by atoms with E-state index < -0.39 is 8.07 Å². The van der Waals surface area contributed by atoms with Crippen LogP contribution in [-0.4, -0.2) is 54.4 Å². The number of hydrogen-bond donors (Lipinski definition) is 1. The van der Waals surface area contributed by atoms with Gasteiger partial charge in [0.2, 0.25) is 0 Å². The first-order chi connectivity index (χ1) is 13.3. The van der Waals surface area contributed by atoms with Gasteiger partial charge in [-0.05, 0) is 43.8 Å². The molecule has 0 bridgehead atoms. The molecule has 0 aliphatic carbocycles. The maximum Gasteiger partial charge on any atom is 0.160 e. The van der Waals surface area contributed by atoms with Crippen LogP contribution in [0.4, 0.5) is 5.82 Å². The molecule has 2 aromatic heterocycles. The van der Waals surface area contributed by atoms with Crippen LogP contribution in [0.25, 0.3) is 11.2 Å². The Labute approximate surface area is 169 Å². The summed E-state index contributed by atoms with van der Waals surface area (Å²) in [6, 6.07) is 3.24. The van der Waals surface area contributed by atoms with Crippen LogP contribution in [0.1, 0.15) is 26.2 Å². The highest BCUT2D eigenvalue weighted by molar-refractivity contribution is 6.76. The van der Waals surface area contributed by atoms with Crippen molar-refractivity contribution in [2.75, 3.05) is 31.1 Å². The molecule has 2 aliphatic rings. The Morgan fingerprint density at radius 1 is 1.29 bits per heavy atom. The van der Waals surface area contributed by atoms with Gasteiger partial charge in [-0.1, -0.05) is 26.6 Å². The number of fused-ring (bicyclic) bond motifs is 1. The molecule has 2 saturated heterocycles. The van der Waals surface area contributed by atoms with E-state index in [0.29, 0.717) is 12.3 Å². The van der Waals surface area contributed by atoms with Crippen LogP contribution >= 0.6 is 0 Å². The molecule has 1 spiro atoms. The van der Waals surface area contributed by atoms with Crippen molar-refractivity contribution < 1.29 is 4.74 Å². The van der Waals surface area contributed by atoms with Crippen molar-refractivity contribution in [1.29, 1.82) is 0 Å². The largest absolute Gasteiger partial charge is 0.361 e. The third-order valence-electron chi connectivity index (χ3n) is 6.29. The first-order valence-corrected chi connectivity index (χ1v) is 14.4. The van der Waals surface area contributed by atoms with Crippen LogP contribution in [-0.2, 0) is 11.5 Å². The van der Waals surface area contributed by atoms with E-state index in [2.05, 4.69) is 47.4 Å². The van der Waals surface area contributed by atoms with Gasteiger partial charge in [-0.25, -0.2) is 9.97 Å². The molecule has 1 atom stereocenters. The molecule has 1 unspecified atom stereocenters. The Balaban J connectivity index is 1.37. The zero-order chi connectivity index (χ0) is 19.8. The van der Waals surface area contributed by atoms with Crippen LogP contribution in [0.2, 0.25) is 25.7 Å². The van der Waals surface area contributed by atoms with Crippen LogP contribution in [0, 0.1) is 5.92 Å². The molecular weight excluding hydrogens is 366 g/mol. The number of ether oxygens (including phenoxy) is 1. The smallest absolute Gasteiger partial charge is 0.160 e. The minimum atomic E-state index is -1.05. The monoisotopic (exact) mass is 401 g/mol. The van der Waals surface area contributed by atoms with Crippen LogP contribution in [0.5, 0.6) is 0 Å². The topological polar surface area (TPSA) is 55.2 Å². The van der Waals surface area contributed by atoms with Gasteiger partial charge in [0, 0.05) is 39.5 Å². The number of nitrogens with zero attached hydrogens (tertiary/aromatic N) is 4. The number of aromatic nitrogens is 3. The molecule has 0 amide bonds. The van der Waals surface area contributed by atoms with E-state index in [1.165, 1.54) is 31.9 Å². The molecule has 0 saturated carbocycles. The Kier molecular flexibility index (Phi) is 5.50. The van der Waals surface area contributed by atoms with E-state index in [9.17, 15) is 0 Å². The molecule has 6 nitrogen and oxygen atoms in total. The van der Waals surface area contributed by atoms with E-state index >= 15 is 0 Å². The predicted molar refractivity (Wildman–Crippen MR) is 118 cm³/mol. The maximum atomic E-state index is 5.88. The lowest BCUT2D eigenvalue weighted by molar-refractivity contribution is 0.0899. The summed E-state index contributed by atoms with van der Waals surface area (Å²) in [5.74, 6) is 1.81. The lowest BCUT2D eigenvalue weighted by atomic mass is 9.84. The Hall–Kier alpha value is -1.44. The lowest BCUT2D eigenvalue weighted by Crippen LogP contribution is -2.50. The zero-order valence-corrected chi connectivity index (χ0v) is 18.9. The second-order valence-corrected chi connectivity index (χ2v) is 15.6. The molecule has 28 heavy (non-hydrogen) atoms. The van der Waals surface area contributed by atoms with E-state index in [0.717, 1.165) is 42.6 Å². The molecule has 2 fully saturated rings. The van der Waals surface area contributed by atoms with Gasteiger partial charge in [0.15, 0.2) is 5.65 Å². The van der Waals surface area contributed by atoms with E-state index in [4.69, 9.17) is 14.7 Å². The SMILES string of the molecule is CC1CNC2(CCN(c3cnc4c(ccn4COCC[Si](C)(C)C)n3)CC2)C1. The molecule has 4 heterocycles. The van der Waals surface area contributed by atoms with Crippen molar-refractivity contribution in [3.8, 4) is 0 Å². The maximum absolute atomic E-state index is 5.88. The molecular formula is C21H35N5OSi. The molecule has 0 radical (unpaired) electrons. The predicted octanol–water partition coefficient (Wildman–Crippen LogP) is 3.71. The van der Waals surface area contributed by atoms with E-state index in [-0.39, 0.29) is 0 Å². The highest BCUT2D eigenvalue weighted by Gasteiger charge is 2.39. The average molecular weight is 402 g/mol. The first kappa shape index (κ1) is 19.9. The Morgan fingerprint density at radius 2 is 2.07 bits per heavy atom. The highest BCUT2D eigenvalue weighted by Crippen LogP contribution is 2.34. The van der Waals surface area contributed by atoms with Crippen molar-refractivity contribution in [2.45, 2.75) is 64.1 Å². The second kappa shape index (κ2) is 7.76. The van der Waals surface area contributed by atoms with Crippen molar-refractivity contribution in [1.82, 2.24) is 19.9 Å². The number of piperidine rings is 1. The summed E-state index contributed by atoms with van der Waals surface area (Å²) >= 11 is 0. The third kappa shape index (κ3) is 4.42.